The third-order valence-corrected chi connectivity index (χ3v) is 5.23. The molecule has 1 aromatic heterocycles. The number of hydrogen-bond acceptors (Lipinski definition) is 5. The minimum atomic E-state index is -3.86. The molecule has 2 N–H and O–H groups in total. The first kappa shape index (κ1) is 20.4. The molecule has 1 heterocycles. The molecule has 0 aliphatic rings. The molecule has 0 unspecified atom stereocenters. The molecule has 0 saturated heterocycles. The molecule has 2 aromatic carbocycles. The summed E-state index contributed by atoms with van der Waals surface area (Å²) in [7, 11) is -3.86. The van der Waals surface area contributed by atoms with Gasteiger partial charge >= 0.3 is 0 Å². The molecular formula is C19H14ClFN4O3S. The molecule has 3 aromatic rings. The summed E-state index contributed by atoms with van der Waals surface area (Å²) in [5, 5.41) is 2.55. The van der Waals surface area contributed by atoms with Crippen molar-refractivity contribution in [3.63, 3.8) is 0 Å². The van der Waals surface area contributed by atoms with Gasteiger partial charge in [-0.1, -0.05) is 17.7 Å². The van der Waals surface area contributed by atoms with E-state index in [4.69, 9.17) is 11.6 Å². The Balaban J connectivity index is 1.64. The highest BCUT2D eigenvalue weighted by atomic mass is 35.5. The smallest absolute Gasteiger partial charge is 0.264 e. The van der Waals surface area contributed by atoms with Crippen LogP contribution in [-0.4, -0.2) is 24.3 Å². The second-order valence-corrected chi connectivity index (χ2v) is 7.79. The van der Waals surface area contributed by atoms with Crippen LogP contribution in [0.3, 0.4) is 0 Å². The number of carbonyl (C=O) groups excluding carboxylic acids is 1. The molecule has 0 radical (unpaired) electrons. The van der Waals surface area contributed by atoms with Crippen LogP contribution in [-0.2, 0) is 14.8 Å². The van der Waals surface area contributed by atoms with Crippen LogP contribution < -0.4 is 10.0 Å². The van der Waals surface area contributed by atoms with E-state index in [-0.39, 0.29) is 15.9 Å². The number of amides is 1. The lowest BCUT2D eigenvalue weighted by molar-refractivity contribution is -0.111. The maximum atomic E-state index is 13.1. The molecule has 29 heavy (non-hydrogen) atoms. The van der Waals surface area contributed by atoms with Crippen molar-refractivity contribution < 1.29 is 17.6 Å². The minimum Gasteiger partial charge on any atom is -0.323 e. The molecule has 3 rings (SSSR count). The van der Waals surface area contributed by atoms with E-state index in [9.17, 15) is 17.6 Å². The predicted octanol–water partition coefficient (Wildman–Crippen LogP) is 3.72. The second-order valence-electron chi connectivity index (χ2n) is 5.70. The van der Waals surface area contributed by atoms with Gasteiger partial charge in [-0.3, -0.25) is 4.79 Å². The van der Waals surface area contributed by atoms with Crippen molar-refractivity contribution in [2.24, 2.45) is 0 Å². The Morgan fingerprint density at radius 2 is 1.76 bits per heavy atom. The van der Waals surface area contributed by atoms with Crippen molar-refractivity contribution >= 4 is 45.2 Å². The molecule has 7 nitrogen and oxygen atoms in total. The summed E-state index contributed by atoms with van der Waals surface area (Å²) in [4.78, 5) is 19.6. The number of aromatic nitrogens is 2. The van der Waals surface area contributed by atoms with Crippen molar-refractivity contribution in [3.05, 3.63) is 83.4 Å². The first-order valence-corrected chi connectivity index (χ1v) is 10.0. The van der Waals surface area contributed by atoms with Crippen molar-refractivity contribution in [1.29, 1.82) is 0 Å². The van der Waals surface area contributed by atoms with Gasteiger partial charge in [0.2, 0.25) is 11.9 Å². The van der Waals surface area contributed by atoms with Gasteiger partial charge in [0.25, 0.3) is 10.0 Å². The third kappa shape index (κ3) is 5.59. The number of sulfonamides is 1. The molecule has 0 fully saturated rings. The summed E-state index contributed by atoms with van der Waals surface area (Å²) in [6.45, 7) is 0. The zero-order valence-corrected chi connectivity index (χ0v) is 16.3. The third-order valence-electron chi connectivity index (χ3n) is 3.59. The fourth-order valence-electron chi connectivity index (χ4n) is 2.22. The Hall–Kier alpha value is -3.30. The van der Waals surface area contributed by atoms with Gasteiger partial charge in [0, 0.05) is 24.2 Å². The maximum absolute atomic E-state index is 13.1. The average Bonchev–Trinajstić information content (AvgIpc) is 2.70. The summed E-state index contributed by atoms with van der Waals surface area (Å²) in [6, 6.07) is 11.2. The lowest BCUT2D eigenvalue weighted by Crippen LogP contribution is -2.15. The van der Waals surface area contributed by atoms with Crippen LogP contribution >= 0.6 is 11.6 Å². The molecule has 0 aliphatic carbocycles. The summed E-state index contributed by atoms with van der Waals surface area (Å²) in [5.41, 5.74) is 0.953. The number of hydrogen-bond donors (Lipinski definition) is 2. The normalized spacial score (nSPS) is 11.4. The van der Waals surface area contributed by atoms with Crippen LogP contribution in [0.1, 0.15) is 5.56 Å². The first-order valence-electron chi connectivity index (χ1n) is 8.17. The molecule has 0 spiro atoms. The zero-order valence-electron chi connectivity index (χ0n) is 14.7. The van der Waals surface area contributed by atoms with Crippen molar-refractivity contribution in [1.82, 2.24) is 9.97 Å². The van der Waals surface area contributed by atoms with Crippen LogP contribution in [0.4, 0.5) is 16.0 Å². The number of benzene rings is 2. The topological polar surface area (TPSA) is 101 Å². The molecule has 0 saturated carbocycles. The molecule has 0 atom stereocenters. The lowest BCUT2D eigenvalue weighted by Gasteiger charge is -2.07. The average molecular weight is 433 g/mol. The Morgan fingerprint density at radius 1 is 1.07 bits per heavy atom. The van der Waals surface area contributed by atoms with E-state index in [0.717, 1.165) is 0 Å². The van der Waals surface area contributed by atoms with E-state index >= 15 is 0 Å². The lowest BCUT2D eigenvalue weighted by atomic mass is 10.2. The van der Waals surface area contributed by atoms with Gasteiger partial charge in [0.1, 0.15) is 5.82 Å². The van der Waals surface area contributed by atoms with E-state index in [1.807, 2.05) is 0 Å². The molecule has 0 aliphatic heterocycles. The van der Waals surface area contributed by atoms with Gasteiger partial charge in [-0.2, -0.15) is 0 Å². The largest absolute Gasteiger partial charge is 0.323 e. The molecule has 148 valence electrons. The fraction of sp³-hybridized carbons (Fsp3) is 0. The number of nitrogens with zero attached hydrogens (tertiary/aromatic N) is 2. The van der Waals surface area contributed by atoms with E-state index in [1.54, 1.807) is 6.07 Å². The van der Waals surface area contributed by atoms with Crippen molar-refractivity contribution in [2.75, 3.05) is 10.0 Å². The van der Waals surface area contributed by atoms with Crippen molar-refractivity contribution in [2.45, 2.75) is 4.90 Å². The Morgan fingerprint density at radius 3 is 2.41 bits per heavy atom. The van der Waals surface area contributed by atoms with Gasteiger partial charge in [0.05, 0.1) is 9.92 Å². The summed E-state index contributed by atoms with van der Waals surface area (Å²) < 4.78 is 40.0. The number of nitrogens with one attached hydrogen (secondary N) is 2. The minimum absolute atomic E-state index is 0.0144. The SMILES string of the molecule is O=C(/C=C/c1ccc(F)c(Cl)c1)Nc1ccc(S(=O)(=O)Nc2ncccn2)cc1. The molecular weight excluding hydrogens is 419 g/mol. The second kappa shape index (κ2) is 8.80. The van der Waals surface area contributed by atoms with Crippen LogP contribution in [0.25, 0.3) is 6.08 Å². The first-order chi connectivity index (χ1) is 13.8. The summed E-state index contributed by atoms with van der Waals surface area (Å²) >= 11 is 5.69. The Labute approximate surface area is 171 Å². The highest BCUT2D eigenvalue weighted by Crippen LogP contribution is 2.18. The van der Waals surface area contributed by atoms with Gasteiger partial charge < -0.3 is 5.32 Å². The number of halogens is 2. The highest BCUT2D eigenvalue weighted by molar-refractivity contribution is 7.92. The van der Waals surface area contributed by atoms with Crippen LogP contribution in [0.2, 0.25) is 5.02 Å². The summed E-state index contributed by atoms with van der Waals surface area (Å²) in [5.74, 6) is -1.04. The van der Waals surface area contributed by atoms with E-state index < -0.39 is 21.7 Å². The maximum Gasteiger partial charge on any atom is 0.264 e. The number of anilines is 2. The van der Waals surface area contributed by atoms with Gasteiger partial charge in [-0.05, 0) is 54.1 Å². The Kier molecular flexibility index (Phi) is 6.20. The van der Waals surface area contributed by atoms with Crippen molar-refractivity contribution in [3.8, 4) is 0 Å². The van der Waals surface area contributed by atoms with E-state index in [1.165, 1.54) is 67.0 Å². The van der Waals surface area contributed by atoms with E-state index in [0.29, 0.717) is 11.3 Å². The van der Waals surface area contributed by atoms with E-state index in [2.05, 4.69) is 20.0 Å². The van der Waals surface area contributed by atoms with Crippen LogP contribution in [0, 0.1) is 5.82 Å². The van der Waals surface area contributed by atoms with Gasteiger partial charge in [-0.25, -0.2) is 27.5 Å². The zero-order chi connectivity index (χ0) is 20.9. The van der Waals surface area contributed by atoms with Gasteiger partial charge in [0.15, 0.2) is 0 Å². The highest BCUT2D eigenvalue weighted by Gasteiger charge is 2.15. The summed E-state index contributed by atoms with van der Waals surface area (Å²) in [6.07, 6.45) is 5.56. The van der Waals surface area contributed by atoms with Gasteiger partial charge in [-0.15, -0.1) is 0 Å². The van der Waals surface area contributed by atoms with Crippen LogP contribution in [0.15, 0.2) is 71.9 Å². The Bertz CT molecular complexity index is 1150. The standard InChI is InChI=1S/C19H14ClFN4O3S/c20-16-12-13(2-8-17(16)21)3-9-18(26)24-14-4-6-15(7-5-14)29(27,28)25-19-22-10-1-11-23-19/h1-12H,(H,24,26)(H,22,23,25)/b9-3+. The quantitative estimate of drug-likeness (QED) is 0.578. The number of carbonyl (C=O) groups is 1. The van der Waals surface area contributed by atoms with Crippen LogP contribution in [0.5, 0.6) is 0 Å². The predicted molar refractivity (Wildman–Crippen MR) is 108 cm³/mol. The molecule has 1 amide bonds. The molecule has 0 bridgehead atoms. The molecule has 10 heteroatoms. The monoisotopic (exact) mass is 432 g/mol. The number of rotatable bonds is 6. The fourth-order valence-corrected chi connectivity index (χ4v) is 3.37.